The summed E-state index contributed by atoms with van der Waals surface area (Å²) in [6.45, 7) is 1.79. The highest BCUT2D eigenvalue weighted by Crippen LogP contribution is 2.21. The molecule has 0 bridgehead atoms. The number of rotatable bonds is 11. The zero-order valence-electron chi connectivity index (χ0n) is 16.5. The van der Waals surface area contributed by atoms with E-state index in [0.717, 1.165) is 18.4 Å². The fourth-order valence-corrected chi connectivity index (χ4v) is 2.78. The van der Waals surface area contributed by atoms with Crippen molar-refractivity contribution in [3.05, 3.63) is 65.5 Å². The van der Waals surface area contributed by atoms with Crippen LogP contribution in [0.2, 0.25) is 0 Å². The molecule has 0 heterocycles. The van der Waals surface area contributed by atoms with E-state index in [9.17, 15) is 19.1 Å². The molecule has 0 aliphatic rings. The van der Waals surface area contributed by atoms with Gasteiger partial charge >= 0.3 is 0 Å². The summed E-state index contributed by atoms with van der Waals surface area (Å²) < 4.78 is 19.6. The molecule has 0 fully saturated rings. The highest BCUT2D eigenvalue weighted by Gasteiger charge is 2.19. The van der Waals surface area contributed by atoms with E-state index >= 15 is 0 Å². The van der Waals surface area contributed by atoms with Crippen LogP contribution in [0.5, 0.6) is 5.75 Å². The second-order valence-corrected chi connectivity index (χ2v) is 6.65. The van der Waals surface area contributed by atoms with Crippen LogP contribution < -0.4 is 15.4 Å². The van der Waals surface area contributed by atoms with Crippen molar-refractivity contribution in [1.29, 1.82) is 0 Å². The minimum atomic E-state index is -0.714. The predicted molar refractivity (Wildman–Crippen MR) is 108 cm³/mol. The number of carbonyl (C=O) groups excluding carboxylic acids is 2. The van der Waals surface area contributed by atoms with Gasteiger partial charge in [0.1, 0.15) is 17.1 Å². The molecule has 3 N–H and O–H groups in total. The number of ether oxygens (including phenoxy) is 1. The van der Waals surface area contributed by atoms with Gasteiger partial charge in [0, 0.05) is 6.54 Å². The van der Waals surface area contributed by atoms with E-state index in [0.29, 0.717) is 13.0 Å². The normalized spacial score (nSPS) is 11.6. The Morgan fingerprint density at radius 3 is 2.59 bits per heavy atom. The summed E-state index contributed by atoms with van der Waals surface area (Å²) in [6.07, 6.45) is 2.15. The number of hydrogen-bond acceptors (Lipinski definition) is 4. The van der Waals surface area contributed by atoms with Gasteiger partial charge in [0.2, 0.25) is 0 Å². The maximum Gasteiger partial charge on any atom is 0.258 e. The lowest BCUT2D eigenvalue weighted by molar-refractivity contribution is -0.124. The Hall–Kier alpha value is -2.93. The number of amides is 2. The van der Waals surface area contributed by atoms with Crippen molar-refractivity contribution < 1.29 is 23.8 Å². The molecule has 0 aliphatic heterocycles. The van der Waals surface area contributed by atoms with Crippen molar-refractivity contribution in [3.8, 4) is 5.75 Å². The Labute approximate surface area is 170 Å². The zero-order valence-corrected chi connectivity index (χ0v) is 16.5. The monoisotopic (exact) mass is 402 g/mol. The third kappa shape index (κ3) is 7.19. The number of unbranched alkanes of at least 4 members (excludes halogenated alkanes) is 1. The molecule has 2 aromatic carbocycles. The highest BCUT2D eigenvalue weighted by molar-refractivity contribution is 5.97. The van der Waals surface area contributed by atoms with Crippen LogP contribution in [0.3, 0.4) is 0 Å². The van der Waals surface area contributed by atoms with Gasteiger partial charge in [-0.2, -0.15) is 0 Å². The van der Waals surface area contributed by atoms with Gasteiger partial charge in [0.15, 0.2) is 6.61 Å². The fourth-order valence-electron chi connectivity index (χ4n) is 2.78. The summed E-state index contributed by atoms with van der Waals surface area (Å²) in [5.74, 6) is -1.77. The summed E-state index contributed by atoms with van der Waals surface area (Å²) in [5.41, 5.74) is 0.753. The first-order valence-corrected chi connectivity index (χ1v) is 9.68. The van der Waals surface area contributed by atoms with E-state index in [1.54, 1.807) is 0 Å². The quantitative estimate of drug-likeness (QED) is 0.504. The molecule has 0 saturated heterocycles. The Morgan fingerprint density at radius 1 is 1.14 bits per heavy atom. The summed E-state index contributed by atoms with van der Waals surface area (Å²) in [6, 6.07) is 13.0. The Balaban J connectivity index is 1.95. The largest absolute Gasteiger partial charge is 0.483 e. The SMILES string of the molecule is CCCCNC(=O)c1c(F)cccc1OCC(=O)N[C@H](CO)Cc1ccccc1. The average Bonchev–Trinajstić information content (AvgIpc) is 2.72. The molecule has 1 atom stereocenters. The van der Waals surface area contributed by atoms with Crippen LogP contribution >= 0.6 is 0 Å². The first-order chi connectivity index (χ1) is 14.0. The van der Waals surface area contributed by atoms with Crippen molar-refractivity contribution >= 4 is 11.8 Å². The van der Waals surface area contributed by atoms with Gasteiger partial charge in [0.25, 0.3) is 11.8 Å². The average molecular weight is 402 g/mol. The standard InChI is InChI=1S/C22H27FN2O4/c1-2-3-12-24-22(28)21-18(23)10-7-11-19(21)29-15-20(27)25-17(14-26)13-16-8-5-4-6-9-16/h4-11,17,26H,2-3,12-15H2,1H3,(H,24,28)(H,25,27)/t17-/m0/s1. The molecular weight excluding hydrogens is 375 g/mol. The van der Waals surface area contributed by atoms with E-state index < -0.39 is 30.3 Å². The van der Waals surface area contributed by atoms with Crippen molar-refractivity contribution in [2.45, 2.75) is 32.2 Å². The maximum atomic E-state index is 14.2. The molecular formula is C22H27FN2O4. The molecule has 0 radical (unpaired) electrons. The summed E-state index contributed by atoms with van der Waals surface area (Å²) in [4.78, 5) is 24.5. The number of aliphatic hydroxyl groups is 1. The lowest BCUT2D eigenvalue weighted by Crippen LogP contribution is -2.41. The summed E-state index contributed by atoms with van der Waals surface area (Å²) >= 11 is 0. The molecule has 7 heteroatoms. The van der Waals surface area contributed by atoms with E-state index in [1.807, 2.05) is 37.3 Å². The number of hydrogen-bond donors (Lipinski definition) is 3. The summed E-state index contributed by atoms with van der Waals surface area (Å²) in [5, 5.41) is 14.8. The smallest absolute Gasteiger partial charge is 0.258 e. The number of benzene rings is 2. The van der Waals surface area contributed by atoms with E-state index in [2.05, 4.69) is 10.6 Å². The van der Waals surface area contributed by atoms with E-state index in [4.69, 9.17) is 4.74 Å². The van der Waals surface area contributed by atoms with Gasteiger partial charge in [0.05, 0.1) is 12.6 Å². The topological polar surface area (TPSA) is 87.7 Å². The molecule has 2 amide bonds. The van der Waals surface area contributed by atoms with Gasteiger partial charge < -0.3 is 20.5 Å². The van der Waals surface area contributed by atoms with E-state index in [1.165, 1.54) is 18.2 Å². The minimum Gasteiger partial charge on any atom is -0.483 e. The maximum absolute atomic E-state index is 14.2. The van der Waals surface area contributed by atoms with Crippen LogP contribution in [-0.2, 0) is 11.2 Å². The minimum absolute atomic E-state index is 0.00208. The van der Waals surface area contributed by atoms with Crippen LogP contribution in [0.4, 0.5) is 4.39 Å². The molecule has 2 aromatic rings. The van der Waals surface area contributed by atoms with Gasteiger partial charge in [-0.25, -0.2) is 4.39 Å². The molecule has 29 heavy (non-hydrogen) atoms. The molecule has 0 spiro atoms. The molecule has 6 nitrogen and oxygen atoms in total. The molecule has 0 aliphatic carbocycles. The fraction of sp³-hybridized carbons (Fsp3) is 0.364. The van der Waals surface area contributed by atoms with Gasteiger partial charge in [-0.3, -0.25) is 9.59 Å². The summed E-state index contributed by atoms with van der Waals surface area (Å²) in [7, 11) is 0. The van der Waals surface area contributed by atoms with Crippen molar-refractivity contribution in [3.63, 3.8) is 0 Å². The van der Waals surface area contributed by atoms with Crippen molar-refractivity contribution in [1.82, 2.24) is 10.6 Å². The van der Waals surface area contributed by atoms with Crippen LogP contribution in [0.25, 0.3) is 0 Å². The Kier molecular flexibility index (Phi) is 9.11. The van der Waals surface area contributed by atoms with Crippen molar-refractivity contribution in [2.24, 2.45) is 0 Å². The number of aliphatic hydroxyl groups excluding tert-OH is 1. The third-order valence-corrected chi connectivity index (χ3v) is 4.29. The van der Waals surface area contributed by atoms with Crippen LogP contribution in [0.1, 0.15) is 35.7 Å². The third-order valence-electron chi connectivity index (χ3n) is 4.29. The van der Waals surface area contributed by atoms with Gasteiger partial charge in [-0.05, 0) is 30.5 Å². The van der Waals surface area contributed by atoms with Crippen molar-refractivity contribution in [2.75, 3.05) is 19.8 Å². The molecule has 2 rings (SSSR count). The van der Waals surface area contributed by atoms with Crippen LogP contribution in [-0.4, -0.2) is 42.7 Å². The predicted octanol–water partition coefficient (Wildman–Crippen LogP) is 2.45. The molecule has 0 unspecified atom stereocenters. The van der Waals surface area contributed by atoms with Gasteiger partial charge in [-0.1, -0.05) is 49.7 Å². The second-order valence-electron chi connectivity index (χ2n) is 6.65. The lowest BCUT2D eigenvalue weighted by atomic mass is 10.1. The number of halogens is 1. The number of nitrogens with one attached hydrogen (secondary N) is 2. The molecule has 156 valence electrons. The highest BCUT2D eigenvalue weighted by atomic mass is 19.1. The van der Waals surface area contributed by atoms with Crippen LogP contribution in [0.15, 0.2) is 48.5 Å². The van der Waals surface area contributed by atoms with Crippen LogP contribution in [0, 0.1) is 5.82 Å². The zero-order chi connectivity index (χ0) is 21.1. The first-order valence-electron chi connectivity index (χ1n) is 9.68. The Bertz CT molecular complexity index is 799. The number of carbonyl (C=O) groups is 2. The first kappa shape index (κ1) is 22.4. The lowest BCUT2D eigenvalue weighted by Gasteiger charge is -2.17. The Morgan fingerprint density at radius 2 is 1.90 bits per heavy atom. The second kappa shape index (κ2) is 11.8. The van der Waals surface area contributed by atoms with Gasteiger partial charge in [-0.15, -0.1) is 0 Å². The molecule has 0 aromatic heterocycles. The van der Waals surface area contributed by atoms with E-state index in [-0.39, 0.29) is 17.9 Å². The molecule has 0 saturated carbocycles.